The van der Waals surface area contributed by atoms with E-state index in [1.54, 1.807) is 11.3 Å². The van der Waals surface area contributed by atoms with Gasteiger partial charge in [-0.05, 0) is 36.3 Å². The van der Waals surface area contributed by atoms with Crippen molar-refractivity contribution in [1.82, 2.24) is 15.0 Å². The normalized spacial score (nSPS) is 16.9. The van der Waals surface area contributed by atoms with Crippen molar-refractivity contribution in [2.45, 2.75) is 38.1 Å². The molecule has 0 saturated carbocycles. The van der Waals surface area contributed by atoms with E-state index in [0.717, 1.165) is 30.7 Å². The quantitative estimate of drug-likeness (QED) is 0.661. The summed E-state index contributed by atoms with van der Waals surface area (Å²) in [5.74, 6) is 1.31. The van der Waals surface area contributed by atoms with Crippen LogP contribution in [0.5, 0.6) is 0 Å². The predicted molar refractivity (Wildman–Crippen MR) is 101 cm³/mol. The molecule has 1 aliphatic heterocycles. The standard InChI is InChI=1S/C20H21N3O2S/c24-19(11-10-18-21-20(22-25-18)17-9-5-13-26-17)23-12-4-8-16(23)14-15-6-2-1-3-7-15/h1-3,5-7,9,13,16H,4,8,10-12,14H2. The molecule has 0 bridgehead atoms. The number of amides is 1. The minimum absolute atomic E-state index is 0.180. The molecule has 0 N–H and O–H groups in total. The Labute approximate surface area is 156 Å². The summed E-state index contributed by atoms with van der Waals surface area (Å²) in [4.78, 5) is 20.1. The lowest BCUT2D eigenvalue weighted by Gasteiger charge is -2.24. The summed E-state index contributed by atoms with van der Waals surface area (Å²) >= 11 is 1.58. The third-order valence-electron chi connectivity index (χ3n) is 4.77. The van der Waals surface area contributed by atoms with Crippen LogP contribution < -0.4 is 0 Å². The Morgan fingerprint density at radius 2 is 2.12 bits per heavy atom. The number of hydrogen-bond donors (Lipinski definition) is 0. The highest BCUT2D eigenvalue weighted by atomic mass is 32.1. The highest BCUT2D eigenvalue weighted by molar-refractivity contribution is 7.13. The van der Waals surface area contributed by atoms with Crippen molar-refractivity contribution in [1.29, 1.82) is 0 Å². The minimum Gasteiger partial charge on any atom is -0.339 e. The SMILES string of the molecule is O=C(CCc1nc(-c2cccs2)no1)N1CCCC1Cc1ccccc1. The number of benzene rings is 1. The van der Waals surface area contributed by atoms with Gasteiger partial charge in [0.2, 0.25) is 17.6 Å². The number of carbonyl (C=O) groups is 1. The van der Waals surface area contributed by atoms with E-state index in [0.29, 0.717) is 30.6 Å². The summed E-state index contributed by atoms with van der Waals surface area (Å²) in [5.41, 5.74) is 1.29. The van der Waals surface area contributed by atoms with E-state index < -0.39 is 0 Å². The number of likely N-dealkylation sites (tertiary alicyclic amines) is 1. The van der Waals surface area contributed by atoms with Crippen molar-refractivity contribution in [3.63, 3.8) is 0 Å². The number of thiophene rings is 1. The first-order chi connectivity index (χ1) is 12.8. The third-order valence-corrected chi connectivity index (χ3v) is 5.64. The predicted octanol–water partition coefficient (Wildman–Crippen LogP) is 3.96. The van der Waals surface area contributed by atoms with Crippen LogP contribution in [0.3, 0.4) is 0 Å². The van der Waals surface area contributed by atoms with E-state index >= 15 is 0 Å². The topological polar surface area (TPSA) is 59.2 Å². The van der Waals surface area contributed by atoms with Crippen LogP contribution >= 0.6 is 11.3 Å². The Balaban J connectivity index is 1.34. The zero-order valence-electron chi connectivity index (χ0n) is 14.5. The van der Waals surface area contributed by atoms with Gasteiger partial charge in [0.1, 0.15) is 0 Å². The number of aromatic nitrogens is 2. The molecular formula is C20H21N3O2S. The molecule has 0 radical (unpaired) electrons. The van der Waals surface area contributed by atoms with Crippen LogP contribution in [0, 0.1) is 0 Å². The maximum absolute atomic E-state index is 12.7. The molecule has 6 heteroatoms. The minimum atomic E-state index is 0.180. The maximum atomic E-state index is 12.7. The van der Waals surface area contributed by atoms with Crippen LogP contribution in [0.1, 0.15) is 30.7 Å². The largest absolute Gasteiger partial charge is 0.339 e. The van der Waals surface area contributed by atoms with Gasteiger partial charge in [0.05, 0.1) is 4.88 Å². The molecule has 1 aliphatic rings. The average Bonchev–Trinajstić information content (AvgIpc) is 3.41. The third kappa shape index (κ3) is 3.85. The number of aryl methyl sites for hydroxylation is 1. The Hall–Kier alpha value is -2.47. The van der Waals surface area contributed by atoms with E-state index in [9.17, 15) is 4.79 Å². The Morgan fingerprint density at radius 1 is 1.23 bits per heavy atom. The highest BCUT2D eigenvalue weighted by Crippen LogP contribution is 2.24. The van der Waals surface area contributed by atoms with Crippen LogP contribution in [0.25, 0.3) is 10.7 Å². The van der Waals surface area contributed by atoms with Crippen LogP contribution in [0.15, 0.2) is 52.4 Å². The number of nitrogens with zero attached hydrogens (tertiary/aromatic N) is 3. The van der Waals surface area contributed by atoms with Crippen molar-refractivity contribution in [3.05, 3.63) is 59.3 Å². The van der Waals surface area contributed by atoms with E-state index in [-0.39, 0.29) is 5.91 Å². The van der Waals surface area contributed by atoms with Gasteiger partial charge in [0.25, 0.3) is 0 Å². The Kier molecular flexibility index (Phi) is 5.11. The number of rotatable bonds is 6. The summed E-state index contributed by atoms with van der Waals surface area (Å²) in [5, 5.41) is 5.99. The molecule has 1 atom stereocenters. The number of hydrogen-bond acceptors (Lipinski definition) is 5. The highest BCUT2D eigenvalue weighted by Gasteiger charge is 2.28. The zero-order chi connectivity index (χ0) is 17.8. The van der Waals surface area contributed by atoms with Gasteiger partial charge >= 0.3 is 0 Å². The summed E-state index contributed by atoms with van der Waals surface area (Å²) in [6.07, 6.45) is 3.98. The molecular weight excluding hydrogens is 346 g/mol. The van der Waals surface area contributed by atoms with Crippen LogP contribution in [0.2, 0.25) is 0 Å². The molecule has 1 aromatic carbocycles. The lowest BCUT2D eigenvalue weighted by molar-refractivity contribution is -0.132. The fourth-order valence-corrected chi connectivity index (χ4v) is 4.13. The summed E-state index contributed by atoms with van der Waals surface area (Å²) in [6, 6.07) is 14.6. The van der Waals surface area contributed by atoms with Gasteiger partial charge in [0, 0.05) is 25.4 Å². The summed E-state index contributed by atoms with van der Waals surface area (Å²) in [7, 11) is 0. The maximum Gasteiger partial charge on any atom is 0.227 e. The first-order valence-electron chi connectivity index (χ1n) is 8.99. The van der Waals surface area contributed by atoms with Gasteiger partial charge < -0.3 is 9.42 Å². The monoisotopic (exact) mass is 367 g/mol. The van der Waals surface area contributed by atoms with E-state index in [4.69, 9.17) is 4.52 Å². The van der Waals surface area contributed by atoms with Crippen molar-refractivity contribution in [2.75, 3.05) is 6.54 Å². The molecule has 3 aromatic rings. The molecule has 134 valence electrons. The molecule has 1 saturated heterocycles. The molecule has 0 spiro atoms. The van der Waals surface area contributed by atoms with Crippen molar-refractivity contribution in [3.8, 4) is 10.7 Å². The second-order valence-electron chi connectivity index (χ2n) is 6.56. The molecule has 3 heterocycles. The molecule has 1 amide bonds. The van der Waals surface area contributed by atoms with Crippen molar-refractivity contribution >= 4 is 17.2 Å². The number of carbonyl (C=O) groups excluding carboxylic acids is 1. The fourth-order valence-electron chi connectivity index (χ4n) is 3.48. The Bertz CT molecular complexity index is 845. The molecule has 1 unspecified atom stereocenters. The van der Waals surface area contributed by atoms with Gasteiger partial charge in [-0.2, -0.15) is 4.98 Å². The van der Waals surface area contributed by atoms with Gasteiger partial charge in [0.15, 0.2) is 0 Å². The van der Waals surface area contributed by atoms with E-state index in [1.807, 2.05) is 28.5 Å². The first-order valence-corrected chi connectivity index (χ1v) is 9.87. The van der Waals surface area contributed by atoms with Crippen LogP contribution in [-0.4, -0.2) is 33.5 Å². The molecule has 0 aliphatic carbocycles. The lowest BCUT2D eigenvalue weighted by Crippen LogP contribution is -2.36. The molecule has 1 fully saturated rings. The Morgan fingerprint density at radius 3 is 2.92 bits per heavy atom. The first kappa shape index (κ1) is 17.0. The second kappa shape index (κ2) is 7.83. The van der Waals surface area contributed by atoms with Crippen molar-refractivity contribution in [2.24, 2.45) is 0 Å². The second-order valence-corrected chi connectivity index (χ2v) is 7.51. The smallest absolute Gasteiger partial charge is 0.227 e. The molecule has 4 rings (SSSR count). The van der Waals surface area contributed by atoms with Gasteiger partial charge in [-0.3, -0.25) is 4.79 Å². The molecule has 2 aromatic heterocycles. The van der Waals surface area contributed by atoms with E-state index in [1.165, 1.54) is 5.56 Å². The molecule has 26 heavy (non-hydrogen) atoms. The summed E-state index contributed by atoms with van der Waals surface area (Å²) in [6.45, 7) is 0.848. The lowest BCUT2D eigenvalue weighted by atomic mass is 10.0. The summed E-state index contributed by atoms with van der Waals surface area (Å²) < 4.78 is 5.30. The molecule has 5 nitrogen and oxygen atoms in total. The van der Waals surface area contributed by atoms with E-state index in [2.05, 4.69) is 34.4 Å². The van der Waals surface area contributed by atoms with Gasteiger partial charge in [-0.25, -0.2) is 0 Å². The van der Waals surface area contributed by atoms with Crippen LogP contribution in [0.4, 0.5) is 0 Å². The van der Waals surface area contributed by atoms with Gasteiger partial charge in [-0.1, -0.05) is 41.6 Å². The average molecular weight is 367 g/mol. The fraction of sp³-hybridized carbons (Fsp3) is 0.350. The zero-order valence-corrected chi connectivity index (χ0v) is 15.3. The van der Waals surface area contributed by atoms with Crippen molar-refractivity contribution < 1.29 is 9.32 Å². The van der Waals surface area contributed by atoms with Gasteiger partial charge in [-0.15, -0.1) is 11.3 Å². The van der Waals surface area contributed by atoms with Crippen LogP contribution in [-0.2, 0) is 17.6 Å².